The van der Waals surface area contributed by atoms with Crippen molar-refractivity contribution in [3.05, 3.63) is 108 Å². The van der Waals surface area contributed by atoms with E-state index < -0.39 is 22.5 Å². The number of methoxy groups -OCH3 is 1. The van der Waals surface area contributed by atoms with Crippen molar-refractivity contribution < 1.29 is 14.3 Å². The Kier molecular flexibility index (Phi) is 7.73. The van der Waals surface area contributed by atoms with E-state index in [0.717, 1.165) is 16.7 Å². The summed E-state index contributed by atoms with van der Waals surface area (Å²) in [5, 5.41) is 0. The van der Waals surface area contributed by atoms with Gasteiger partial charge >= 0.3 is 5.97 Å². The van der Waals surface area contributed by atoms with Gasteiger partial charge in [-0.3, -0.25) is 4.99 Å². The second-order valence-electron chi connectivity index (χ2n) is 9.94. The highest BCUT2D eigenvalue weighted by molar-refractivity contribution is 6.14. The molecular formula is C30H35NO3. The van der Waals surface area contributed by atoms with Crippen LogP contribution in [0.1, 0.15) is 51.3 Å². The molecule has 178 valence electrons. The summed E-state index contributed by atoms with van der Waals surface area (Å²) in [6, 6.07) is 29.8. The van der Waals surface area contributed by atoms with E-state index in [-0.39, 0.29) is 6.61 Å². The fourth-order valence-electron chi connectivity index (χ4n) is 3.97. The first kappa shape index (κ1) is 25.4. The summed E-state index contributed by atoms with van der Waals surface area (Å²) in [5.41, 5.74) is 0.957. The van der Waals surface area contributed by atoms with Gasteiger partial charge in [0.15, 0.2) is 5.54 Å². The van der Waals surface area contributed by atoms with Gasteiger partial charge in [0.05, 0.1) is 25.0 Å². The molecule has 3 rings (SSSR count). The summed E-state index contributed by atoms with van der Waals surface area (Å²) < 4.78 is 11.7. The summed E-state index contributed by atoms with van der Waals surface area (Å²) >= 11 is 0. The molecule has 0 aromatic heterocycles. The van der Waals surface area contributed by atoms with Gasteiger partial charge in [-0.25, -0.2) is 4.79 Å². The van der Waals surface area contributed by atoms with Crippen molar-refractivity contribution in [2.75, 3.05) is 13.7 Å². The second-order valence-corrected chi connectivity index (χ2v) is 9.94. The molecule has 4 heteroatoms. The van der Waals surface area contributed by atoms with Gasteiger partial charge in [-0.2, -0.15) is 0 Å². The Labute approximate surface area is 203 Å². The third-order valence-electron chi connectivity index (χ3n) is 6.16. The van der Waals surface area contributed by atoms with Crippen molar-refractivity contribution in [2.24, 2.45) is 4.99 Å². The van der Waals surface area contributed by atoms with Gasteiger partial charge in [0.2, 0.25) is 0 Å². The van der Waals surface area contributed by atoms with Crippen molar-refractivity contribution in [3.63, 3.8) is 0 Å². The van der Waals surface area contributed by atoms with Crippen molar-refractivity contribution in [2.45, 2.75) is 51.2 Å². The molecule has 3 aromatic carbocycles. The number of nitrogens with zero attached hydrogens (tertiary/aromatic N) is 1. The minimum absolute atomic E-state index is 0.0637. The quantitative estimate of drug-likeness (QED) is 0.298. The minimum atomic E-state index is -1.35. The van der Waals surface area contributed by atoms with Gasteiger partial charge in [-0.05, 0) is 26.3 Å². The molecule has 0 spiro atoms. The van der Waals surface area contributed by atoms with Crippen molar-refractivity contribution >= 4 is 11.7 Å². The number of benzene rings is 3. The number of aliphatic imine (C=N–C) groups is 1. The van der Waals surface area contributed by atoms with E-state index in [9.17, 15) is 4.79 Å². The molecule has 0 N–H and O–H groups in total. The Morgan fingerprint density at radius 3 is 1.59 bits per heavy atom. The van der Waals surface area contributed by atoms with Gasteiger partial charge < -0.3 is 9.47 Å². The van der Waals surface area contributed by atoms with E-state index in [4.69, 9.17) is 14.5 Å². The average molecular weight is 458 g/mol. The van der Waals surface area contributed by atoms with Crippen LogP contribution in [0.5, 0.6) is 0 Å². The van der Waals surface area contributed by atoms with Crippen LogP contribution in [0, 0.1) is 0 Å². The molecule has 1 unspecified atom stereocenters. The molecule has 3 aromatic rings. The Morgan fingerprint density at radius 2 is 1.18 bits per heavy atom. The molecule has 0 bridgehead atoms. The van der Waals surface area contributed by atoms with Gasteiger partial charge in [0, 0.05) is 16.5 Å². The number of carbonyl (C=O) groups is 1. The molecule has 34 heavy (non-hydrogen) atoms. The summed E-state index contributed by atoms with van der Waals surface area (Å²) in [6.07, 6.45) is 0. The molecular weight excluding hydrogens is 422 g/mol. The summed E-state index contributed by atoms with van der Waals surface area (Å²) in [4.78, 5) is 19.0. The Hall–Kier alpha value is -3.24. The van der Waals surface area contributed by atoms with Gasteiger partial charge in [-0.1, -0.05) is 105 Å². The molecule has 4 nitrogen and oxygen atoms in total. The average Bonchev–Trinajstić information content (AvgIpc) is 2.85. The van der Waals surface area contributed by atoms with Gasteiger partial charge in [0.1, 0.15) is 0 Å². The third kappa shape index (κ3) is 5.45. The molecule has 0 fully saturated rings. The van der Waals surface area contributed by atoms with E-state index in [2.05, 4.69) is 0 Å². The third-order valence-corrected chi connectivity index (χ3v) is 6.16. The van der Waals surface area contributed by atoms with Crippen LogP contribution in [0.4, 0.5) is 0 Å². The smallest absolute Gasteiger partial charge is 0.337 e. The van der Waals surface area contributed by atoms with E-state index in [1.54, 1.807) is 0 Å². The fraction of sp³-hybridized carbons (Fsp3) is 0.333. The highest BCUT2D eigenvalue weighted by Gasteiger charge is 2.54. The largest absolute Gasteiger partial charge is 0.467 e. The molecule has 0 saturated carbocycles. The summed E-state index contributed by atoms with van der Waals surface area (Å²) in [6.45, 7) is 10.1. The zero-order valence-electron chi connectivity index (χ0n) is 21.0. The van der Waals surface area contributed by atoms with Gasteiger partial charge in [-0.15, -0.1) is 0 Å². The standard InChI is InChI=1S/C30H35NO3/c1-28(2,3)34-22-30(27(32)33-6,29(4,5)25-20-14-9-15-21-25)31-26(23-16-10-7-11-17-23)24-18-12-8-13-19-24/h7-21H,22H2,1-6H3. The summed E-state index contributed by atoms with van der Waals surface area (Å²) in [7, 11) is 1.41. The predicted octanol–water partition coefficient (Wildman–Crippen LogP) is 6.23. The molecule has 1 atom stereocenters. The molecule has 0 heterocycles. The van der Waals surface area contributed by atoms with Crippen LogP contribution in [-0.2, 0) is 19.7 Å². The Bertz CT molecular complexity index is 1060. The molecule has 0 saturated heterocycles. The number of hydrogen-bond donors (Lipinski definition) is 0. The van der Waals surface area contributed by atoms with E-state index >= 15 is 0 Å². The highest BCUT2D eigenvalue weighted by atomic mass is 16.5. The maximum absolute atomic E-state index is 13.8. The van der Waals surface area contributed by atoms with Crippen LogP contribution in [0.2, 0.25) is 0 Å². The van der Waals surface area contributed by atoms with Crippen LogP contribution in [0.25, 0.3) is 0 Å². The second kappa shape index (κ2) is 10.4. The molecule has 0 aliphatic heterocycles. The first-order chi connectivity index (χ1) is 16.1. The van der Waals surface area contributed by atoms with Crippen LogP contribution in [-0.4, -0.2) is 36.5 Å². The lowest BCUT2D eigenvalue weighted by atomic mass is 9.67. The first-order valence-electron chi connectivity index (χ1n) is 11.6. The Morgan fingerprint density at radius 1 is 0.735 bits per heavy atom. The maximum Gasteiger partial charge on any atom is 0.337 e. The lowest BCUT2D eigenvalue weighted by molar-refractivity contribution is -0.155. The zero-order valence-corrected chi connectivity index (χ0v) is 21.0. The lowest BCUT2D eigenvalue weighted by Gasteiger charge is -2.43. The monoisotopic (exact) mass is 457 g/mol. The van der Waals surface area contributed by atoms with E-state index in [1.165, 1.54) is 7.11 Å². The van der Waals surface area contributed by atoms with Crippen molar-refractivity contribution in [1.29, 1.82) is 0 Å². The number of carbonyl (C=O) groups excluding carboxylic acids is 1. The van der Waals surface area contributed by atoms with Crippen LogP contribution >= 0.6 is 0 Å². The number of rotatable bonds is 8. The molecule has 0 amide bonds. The van der Waals surface area contributed by atoms with E-state index in [0.29, 0.717) is 5.71 Å². The van der Waals surface area contributed by atoms with E-state index in [1.807, 2.05) is 126 Å². The predicted molar refractivity (Wildman–Crippen MR) is 138 cm³/mol. The molecule has 0 aliphatic rings. The molecule has 0 aliphatic carbocycles. The number of esters is 1. The number of hydrogen-bond acceptors (Lipinski definition) is 4. The number of ether oxygens (including phenoxy) is 2. The minimum Gasteiger partial charge on any atom is -0.467 e. The zero-order chi connectivity index (χ0) is 24.8. The Balaban J connectivity index is 2.36. The molecule has 0 radical (unpaired) electrons. The van der Waals surface area contributed by atoms with Crippen LogP contribution < -0.4 is 0 Å². The first-order valence-corrected chi connectivity index (χ1v) is 11.6. The SMILES string of the molecule is COC(=O)C(COC(C)(C)C)(N=C(c1ccccc1)c1ccccc1)C(C)(C)c1ccccc1. The van der Waals surface area contributed by atoms with Gasteiger partial charge in [0.25, 0.3) is 0 Å². The van der Waals surface area contributed by atoms with Crippen LogP contribution in [0.15, 0.2) is 96.0 Å². The normalized spacial score (nSPS) is 13.6. The van der Waals surface area contributed by atoms with Crippen molar-refractivity contribution in [3.8, 4) is 0 Å². The topological polar surface area (TPSA) is 47.9 Å². The van der Waals surface area contributed by atoms with Crippen molar-refractivity contribution in [1.82, 2.24) is 0 Å². The highest BCUT2D eigenvalue weighted by Crippen LogP contribution is 2.41. The summed E-state index contributed by atoms with van der Waals surface area (Å²) in [5.74, 6) is -0.435. The van der Waals surface area contributed by atoms with Crippen LogP contribution in [0.3, 0.4) is 0 Å². The fourth-order valence-corrected chi connectivity index (χ4v) is 3.97. The maximum atomic E-state index is 13.8. The lowest BCUT2D eigenvalue weighted by Crippen LogP contribution is -2.58.